The normalized spacial score (nSPS) is 10.3. The molecule has 0 saturated heterocycles. The Morgan fingerprint density at radius 2 is 0.833 bits per heavy atom. The third-order valence-electron chi connectivity index (χ3n) is 3.41. The molecule has 1 nitrogen and oxygen atoms in total. The van der Waals surface area contributed by atoms with Crippen LogP contribution in [0, 0.1) is 7.43 Å². The maximum atomic E-state index is 3.57. The quantitative estimate of drug-likeness (QED) is 0.410. The lowest BCUT2D eigenvalue weighted by Crippen LogP contribution is -2.16. The molecule has 0 amide bonds. The molecule has 0 saturated carbocycles. The molecule has 18 heavy (non-hydrogen) atoms. The van der Waals surface area contributed by atoms with Gasteiger partial charge in [-0.25, -0.2) is 0 Å². The Labute approximate surface area is 117 Å². The van der Waals surface area contributed by atoms with Crippen molar-refractivity contribution in [2.45, 2.75) is 90.9 Å². The first-order chi connectivity index (χ1) is 8.41. The Bertz CT molecular complexity index is 109. The molecule has 0 heterocycles. The van der Waals surface area contributed by atoms with Gasteiger partial charge in [0.05, 0.1) is 0 Å². The van der Waals surface area contributed by atoms with Crippen molar-refractivity contribution in [1.82, 2.24) is 5.32 Å². The summed E-state index contributed by atoms with van der Waals surface area (Å²) >= 11 is 0. The van der Waals surface area contributed by atoms with Gasteiger partial charge in [0.25, 0.3) is 0 Å². The Balaban J connectivity index is 0. The Morgan fingerprint density at radius 3 is 1.22 bits per heavy atom. The second-order valence-electron chi connectivity index (χ2n) is 5.29. The van der Waals surface area contributed by atoms with Crippen LogP contribution in [0.5, 0.6) is 0 Å². The van der Waals surface area contributed by atoms with Gasteiger partial charge in [0.2, 0.25) is 0 Å². The van der Waals surface area contributed by atoms with Gasteiger partial charge in [-0.15, -0.1) is 0 Å². The fourth-order valence-electron chi connectivity index (χ4n) is 2.19. The summed E-state index contributed by atoms with van der Waals surface area (Å²) in [5.74, 6) is 0. The van der Waals surface area contributed by atoms with E-state index in [0.29, 0.717) is 0 Å². The zero-order chi connectivity index (χ0) is 12.6. The van der Waals surface area contributed by atoms with Crippen LogP contribution in [-0.4, -0.2) is 13.1 Å². The third kappa shape index (κ3) is 18.3. The maximum absolute atomic E-state index is 3.57. The minimum Gasteiger partial charge on any atom is -0.317 e. The van der Waals surface area contributed by atoms with Crippen molar-refractivity contribution in [3.8, 4) is 0 Å². The summed E-state index contributed by atoms with van der Waals surface area (Å²) in [5.41, 5.74) is 0. The largest absolute Gasteiger partial charge is 0.317 e. The molecule has 0 unspecified atom stereocenters. The second-order valence-corrected chi connectivity index (χ2v) is 5.29. The highest BCUT2D eigenvalue weighted by atomic mass is 14.8. The van der Waals surface area contributed by atoms with E-state index < -0.39 is 0 Å². The van der Waals surface area contributed by atoms with Crippen LogP contribution in [0.2, 0.25) is 0 Å². The smallest absolute Gasteiger partial charge is 0 e. The van der Waals surface area contributed by atoms with E-state index in [4.69, 9.17) is 0 Å². The van der Waals surface area contributed by atoms with Crippen molar-refractivity contribution in [2.24, 2.45) is 0 Å². The summed E-state index contributed by atoms with van der Waals surface area (Å²) in [6.07, 6.45) is 16.9. The van der Waals surface area contributed by atoms with Crippen molar-refractivity contribution >= 4 is 0 Å². The maximum Gasteiger partial charge on any atom is 0 e. The van der Waals surface area contributed by atoms with Gasteiger partial charge in [-0.2, -0.15) is 0 Å². The molecule has 1 heteroatoms. The van der Waals surface area contributed by atoms with Gasteiger partial charge in [-0.1, -0.05) is 78.1 Å². The predicted octanol–water partition coefficient (Wildman–Crippen LogP) is 5.38. The number of unbranched alkanes of at least 4 members (excludes halogenated alkanes) is 10. The molecule has 0 aromatic heterocycles. The van der Waals surface area contributed by atoms with Gasteiger partial charge < -0.3 is 5.32 Å². The first-order valence-corrected chi connectivity index (χ1v) is 8.12. The molecule has 0 aliphatic carbocycles. The van der Waals surface area contributed by atoms with Crippen molar-refractivity contribution in [1.29, 1.82) is 0 Å². The molecular formula is C17H35N. The van der Waals surface area contributed by atoms with Gasteiger partial charge in [0.1, 0.15) is 0 Å². The summed E-state index contributed by atoms with van der Waals surface area (Å²) in [6, 6.07) is 0. The van der Waals surface area contributed by atoms with Gasteiger partial charge in [-0.05, 0) is 25.9 Å². The predicted molar refractivity (Wildman–Crippen MR) is 82.9 cm³/mol. The fourth-order valence-corrected chi connectivity index (χ4v) is 2.19. The zero-order valence-electron chi connectivity index (χ0n) is 12.9. The van der Waals surface area contributed by atoms with Crippen LogP contribution >= 0.6 is 0 Å². The average molecular weight is 253 g/mol. The Hall–Kier alpha value is -0.0400. The molecule has 0 aliphatic heterocycles. The molecule has 0 aromatic rings. The van der Waals surface area contributed by atoms with Crippen LogP contribution in [-0.2, 0) is 0 Å². The molecule has 0 aromatic carbocycles. The van der Waals surface area contributed by atoms with E-state index in [1.54, 1.807) is 0 Å². The summed E-state index contributed by atoms with van der Waals surface area (Å²) < 4.78 is 0. The lowest BCUT2D eigenvalue weighted by Gasteiger charge is -2.04. The van der Waals surface area contributed by atoms with Gasteiger partial charge in [-0.3, -0.25) is 0 Å². The third-order valence-corrected chi connectivity index (χ3v) is 3.41. The lowest BCUT2D eigenvalue weighted by atomic mass is 10.1. The lowest BCUT2D eigenvalue weighted by molar-refractivity contribution is 0.543. The Morgan fingerprint density at radius 1 is 0.500 bits per heavy atom. The fraction of sp³-hybridized carbons (Fsp3) is 0.941. The summed E-state index contributed by atoms with van der Waals surface area (Å²) in [6.45, 7) is 7.03. The summed E-state index contributed by atoms with van der Waals surface area (Å²) in [4.78, 5) is 0. The van der Waals surface area contributed by atoms with Crippen molar-refractivity contribution in [2.75, 3.05) is 13.1 Å². The van der Waals surface area contributed by atoms with Crippen LogP contribution in [0.3, 0.4) is 0 Å². The van der Waals surface area contributed by atoms with E-state index in [-0.39, 0.29) is 7.43 Å². The molecule has 0 rings (SSSR count). The number of hydrogen-bond donors (Lipinski definition) is 1. The summed E-state index contributed by atoms with van der Waals surface area (Å²) in [7, 11) is 0. The van der Waals surface area contributed by atoms with Crippen LogP contribution in [0.1, 0.15) is 90.9 Å². The molecule has 0 fully saturated rings. The minimum absolute atomic E-state index is 0. The molecule has 108 valence electrons. The SMILES string of the molecule is CCCCCCCCNCCCCCCCC.[C]. The Kier molecular flexibility index (Phi) is 21.7. The van der Waals surface area contributed by atoms with Crippen LogP contribution < -0.4 is 5.32 Å². The van der Waals surface area contributed by atoms with E-state index in [9.17, 15) is 0 Å². The van der Waals surface area contributed by atoms with Crippen molar-refractivity contribution in [3.05, 3.63) is 7.43 Å². The van der Waals surface area contributed by atoms with Crippen molar-refractivity contribution in [3.63, 3.8) is 0 Å². The van der Waals surface area contributed by atoms with E-state index in [2.05, 4.69) is 19.2 Å². The van der Waals surface area contributed by atoms with Gasteiger partial charge in [0, 0.05) is 7.43 Å². The van der Waals surface area contributed by atoms with Crippen LogP contribution in [0.4, 0.5) is 0 Å². The number of nitrogens with one attached hydrogen (secondary N) is 1. The highest BCUT2D eigenvalue weighted by Gasteiger charge is 1.92. The second kappa shape index (κ2) is 19.3. The zero-order valence-corrected chi connectivity index (χ0v) is 12.9. The highest BCUT2D eigenvalue weighted by Crippen LogP contribution is 2.05. The molecule has 0 bridgehead atoms. The monoisotopic (exact) mass is 253 g/mol. The highest BCUT2D eigenvalue weighted by molar-refractivity contribution is 4.51. The molecule has 0 spiro atoms. The molecule has 1 N–H and O–H groups in total. The van der Waals surface area contributed by atoms with Crippen LogP contribution in [0.15, 0.2) is 0 Å². The number of hydrogen-bond acceptors (Lipinski definition) is 1. The van der Waals surface area contributed by atoms with E-state index in [1.807, 2.05) is 0 Å². The number of rotatable bonds is 14. The van der Waals surface area contributed by atoms with Gasteiger partial charge >= 0.3 is 0 Å². The first kappa shape index (κ1) is 20.3. The minimum atomic E-state index is 0. The molecular weight excluding hydrogens is 218 g/mol. The van der Waals surface area contributed by atoms with Crippen LogP contribution in [0.25, 0.3) is 0 Å². The van der Waals surface area contributed by atoms with Crippen molar-refractivity contribution < 1.29 is 0 Å². The van der Waals surface area contributed by atoms with E-state index in [1.165, 1.54) is 90.1 Å². The summed E-state index contributed by atoms with van der Waals surface area (Å²) in [5, 5.41) is 3.57. The first-order valence-electron chi connectivity index (χ1n) is 8.12. The average Bonchev–Trinajstić information content (AvgIpc) is 2.35. The van der Waals surface area contributed by atoms with E-state index in [0.717, 1.165) is 0 Å². The topological polar surface area (TPSA) is 12.0 Å². The molecule has 4 radical (unpaired) electrons. The molecule has 0 atom stereocenters. The van der Waals surface area contributed by atoms with E-state index >= 15 is 0 Å². The van der Waals surface area contributed by atoms with Gasteiger partial charge in [0.15, 0.2) is 0 Å². The molecule has 0 aliphatic rings. The standard InChI is InChI=1S/C16H35N.C/c1-3-5-7-9-11-13-15-17-16-14-12-10-8-6-4-2;/h17H,3-16H2,1-2H3;.